The Morgan fingerprint density at radius 1 is 1.06 bits per heavy atom. The molecule has 0 spiro atoms. The maximum absolute atomic E-state index is 12.6. The highest BCUT2D eigenvalue weighted by Gasteiger charge is 2.31. The summed E-state index contributed by atoms with van der Waals surface area (Å²) in [7, 11) is 0. The number of aliphatic imine (C=N–C) groups is 1. The first-order valence-corrected chi connectivity index (χ1v) is 12.0. The molecule has 1 aromatic carbocycles. The predicted octanol–water partition coefficient (Wildman–Crippen LogP) is 1.99. The minimum Gasteiger partial charge on any atom is -0.368 e. The van der Waals surface area contributed by atoms with Crippen LogP contribution in [0.3, 0.4) is 0 Å². The predicted molar refractivity (Wildman–Crippen MR) is 125 cm³/mol. The van der Waals surface area contributed by atoms with Crippen LogP contribution in [-0.4, -0.2) is 79.6 Å². The molecule has 1 atom stereocenters. The molecular weight excluding hydrogens is 406 g/mol. The zero-order valence-electron chi connectivity index (χ0n) is 19.1. The quantitative estimate of drug-likeness (QED) is 0.559. The van der Waals surface area contributed by atoms with Crippen molar-refractivity contribution in [2.75, 3.05) is 50.8 Å². The van der Waals surface area contributed by atoms with Crippen LogP contribution >= 0.6 is 0 Å². The van der Waals surface area contributed by atoms with Gasteiger partial charge in [0, 0.05) is 58.0 Å². The SMILES string of the molecule is CCNC(=NCc1ccc(N2CCCCC2=O)cc1)N1CCN(C(=O)C2CCCO2)CC1. The lowest BCUT2D eigenvalue weighted by atomic mass is 10.1. The summed E-state index contributed by atoms with van der Waals surface area (Å²) >= 11 is 0. The van der Waals surface area contributed by atoms with Crippen LogP contribution < -0.4 is 10.2 Å². The normalized spacial score (nSPS) is 22.4. The molecule has 8 nitrogen and oxygen atoms in total. The summed E-state index contributed by atoms with van der Waals surface area (Å²) < 4.78 is 5.56. The summed E-state index contributed by atoms with van der Waals surface area (Å²) in [5.41, 5.74) is 2.09. The third-order valence-electron chi connectivity index (χ3n) is 6.41. The number of carbonyl (C=O) groups is 2. The van der Waals surface area contributed by atoms with Gasteiger partial charge in [-0.2, -0.15) is 0 Å². The zero-order chi connectivity index (χ0) is 22.3. The summed E-state index contributed by atoms with van der Waals surface area (Å²) in [4.78, 5) is 35.6. The fraction of sp³-hybridized carbons (Fsp3) is 0.625. The van der Waals surface area contributed by atoms with Gasteiger partial charge in [0.05, 0.1) is 6.54 Å². The highest BCUT2D eigenvalue weighted by molar-refractivity contribution is 5.94. The van der Waals surface area contributed by atoms with Crippen molar-refractivity contribution >= 4 is 23.5 Å². The number of hydrogen-bond acceptors (Lipinski definition) is 4. The summed E-state index contributed by atoms with van der Waals surface area (Å²) in [5, 5.41) is 3.39. The van der Waals surface area contributed by atoms with E-state index in [1.54, 1.807) is 0 Å². The molecule has 174 valence electrons. The molecule has 0 radical (unpaired) electrons. The molecule has 8 heteroatoms. The Hall–Kier alpha value is -2.61. The third kappa shape index (κ3) is 5.41. The van der Waals surface area contributed by atoms with Gasteiger partial charge in [0.1, 0.15) is 6.10 Å². The van der Waals surface area contributed by atoms with Crippen molar-refractivity contribution in [3.8, 4) is 0 Å². The molecule has 3 aliphatic rings. The average molecular weight is 442 g/mol. The second-order valence-electron chi connectivity index (χ2n) is 8.65. The molecule has 32 heavy (non-hydrogen) atoms. The number of nitrogens with one attached hydrogen (secondary N) is 1. The van der Waals surface area contributed by atoms with Crippen molar-refractivity contribution in [2.45, 2.75) is 51.7 Å². The number of hydrogen-bond donors (Lipinski definition) is 1. The second-order valence-corrected chi connectivity index (χ2v) is 8.65. The molecule has 1 unspecified atom stereocenters. The van der Waals surface area contributed by atoms with Crippen molar-refractivity contribution in [3.63, 3.8) is 0 Å². The van der Waals surface area contributed by atoms with Gasteiger partial charge in [0.2, 0.25) is 5.91 Å². The lowest BCUT2D eigenvalue weighted by Gasteiger charge is -2.37. The third-order valence-corrected chi connectivity index (χ3v) is 6.41. The maximum Gasteiger partial charge on any atom is 0.251 e. The largest absolute Gasteiger partial charge is 0.368 e. The summed E-state index contributed by atoms with van der Waals surface area (Å²) in [6.07, 6.45) is 4.27. The Kier molecular flexibility index (Phi) is 7.63. The first kappa shape index (κ1) is 22.6. The fourth-order valence-corrected chi connectivity index (χ4v) is 4.57. The van der Waals surface area contributed by atoms with Crippen LogP contribution in [0, 0.1) is 0 Å². The number of piperazine rings is 1. The van der Waals surface area contributed by atoms with Gasteiger partial charge in [0.15, 0.2) is 5.96 Å². The number of carbonyl (C=O) groups excluding carboxylic acids is 2. The van der Waals surface area contributed by atoms with Gasteiger partial charge in [-0.15, -0.1) is 0 Å². The highest BCUT2D eigenvalue weighted by atomic mass is 16.5. The van der Waals surface area contributed by atoms with Crippen molar-refractivity contribution in [1.82, 2.24) is 15.1 Å². The van der Waals surface area contributed by atoms with Gasteiger partial charge in [-0.3, -0.25) is 9.59 Å². The standard InChI is InChI=1S/C24H35N5O3/c1-2-25-24(28-15-13-27(14-16-28)23(31)21-6-5-17-32-21)26-18-19-8-10-20(11-9-19)29-12-4-3-7-22(29)30/h8-11,21H,2-7,12-18H2,1H3,(H,25,26). The Labute approximate surface area is 190 Å². The lowest BCUT2D eigenvalue weighted by Crippen LogP contribution is -2.55. The Balaban J connectivity index is 1.33. The Bertz CT molecular complexity index is 811. The van der Waals surface area contributed by atoms with E-state index in [4.69, 9.17) is 9.73 Å². The van der Waals surface area contributed by atoms with Crippen LogP contribution in [-0.2, 0) is 20.9 Å². The second kappa shape index (κ2) is 10.8. The molecule has 3 heterocycles. The van der Waals surface area contributed by atoms with Crippen LogP contribution in [0.1, 0.15) is 44.6 Å². The first-order valence-electron chi connectivity index (χ1n) is 12.0. The minimum absolute atomic E-state index is 0.136. The van der Waals surface area contributed by atoms with E-state index >= 15 is 0 Å². The van der Waals surface area contributed by atoms with E-state index in [9.17, 15) is 9.59 Å². The number of nitrogens with zero attached hydrogens (tertiary/aromatic N) is 4. The van der Waals surface area contributed by atoms with Crippen molar-refractivity contribution < 1.29 is 14.3 Å². The summed E-state index contributed by atoms with van der Waals surface area (Å²) in [6.45, 7) is 7.86. The van der Waals surface area contributed by atoms with E-state index in [2.05, 4.69) is 29.3 Å². The van der Waals surface area contributed by atoms with Crippen LogP contribution in [0.4, 0.5) is 5.69 Å². The van der Waals surface area contributed by atoms with Gasteiger partial charge in [-0.1, -0.05) is 12.1 Å². The molecule has 3 saturated heterocycles. The Morgan fingerprint density at radius 2 is 1.81 bits per heavy atom. The van der Waals surface area contributed by atoms with E-state index < -0.39 is 0 Å². The monoisotopic (exact) mass is 441 g/mol. The molecule has 0 aliphatic carbocycles. The van der Waals surface area contributed by atoms with Crippen LogP contribution in [0.15, 0.2) is 29.3 Å². The molecule has 3 fully saturated rings. The number of piperidine rings is 1. The molecule has 1 aromatic rings. The van der Waals surface area contributed by atoms with Gasteiger partial charge >= 0.3 is 0 Å². The molecule has 3 aliphatic heterocycles. The van der Waals surface area contributed by atoms with Gasteiger partial charge in [-0.05, 0) is 50.3 Å². The van der Waals surface area contributed by atoms with Crippen LogP contribution in [0.5, 0.6) is 0 Å². The number of guanidine groups is 1. The van der Waals surface area contributed by atoms with Gasteiger partial charge < -0.3 is 24.8 Å². The van der Waals surface area contributed by atoms with E-state index in [0.717, 1.165) is 69.1 Å². The van der Waals surface area contributed by atoms with Gasteiger partial charge in [-0.25, -0.2) is 4.99 Å². The molecule has 1 N–H and O–H groups in total. The number of rotatable bonds is 5. The number of anilines is 1. The highest BCUT2D eigenvalue weighted by Crippen LogP contribution is 2.21. The molecule has 0 aromatic heterocycles. The lowest BCUT2D eigenvalue weighted by molar-refractivity contribution is -0.142. The average Bonchev–Trinajstić information content (AvgIpc) is 3.37. The fourth-order valence-electron chi connectivity index (χ4n) is 4.57. The van der Waals surface area contributed by atoms with Crippen molar-refractivity contribution in [2.24, 2.45) is 4.99 Å². The van der Waals surface area contributed by atoms with Crippen LogP contribution in [0.25, 0.3) is 0 Å². The molecule has 0 bridgehead atoms. The van der Waals surface area contributed by atoms with E-state index in [1.807, 2.05) is 21.9 Å². The minimum atomic E-state index is -0.244. The Morgan fingerprint density at radius 3 is 2.47 bits per heavy atom. The van der Waals surface area contributed by atoms with E-state index in [-0.39, 0.29) is 17.9 Å². The van der Waals surface area contributed by atoms with Crippen molar-refractivity contribution in [3.05, 3.63) is 29.8 Å². The zero-order valence-corrected chi connectivity index (χ0v) is 19.1. The number of ether oxygens (including phenoxy) is 1. The van der Waals surface area contributed by atoms with E-state index in [1.165, 1.54) is 0 Å². The van der Waals surface area contributed by atoms with Crippen molar-refractivity contribution in [1.29, 1.82) is 0 Å². The maximum atomic E-state index is 12.6. The first-order chi connectivity index (χ1) is 15.7. The number of benzene rings is 1. The van der Waals surface area contributed by atoms with Gasteiger partial charge in [0.25, 0.3) is 5.91 Å². The van der Waals surface area contributed by atoms with E-state index in [0.29, 0.717) is 32.7 Å². The molecule has 4 rings (SSSR count). The molecular formula is C24H35N5O3. The summed E-state index contributed by atoms with van der Waals surface area (Å²) in [6, 6.07) is 8.16. The molecule has 0 saturated carbocycles. The molecule has 2 amide bonds. The smallest absolute Gasteiger partial charge is 0.251 e. The number of amides is 2. The van der Waals surface area contributed by atoms with Crippen LogP contribution in [0.2, 0.25) is 0 Å². The topological polar surface area (TPSA) is 77.5 Å². The summed E-state index contributed by atoms with van der Waals surface area (Å²) in [5.74, 6) is 1.23.